The first-order valence-corrected chi connectivity index (χ1v) is 28.7. The normalized spacial score (nSPS) is 30.8. The van der Waals surface area contributed by atoms with Crippen LogP contribution in [0.5, 0.6) is 57.5 Å². The number of aromatic hydroxyl groups is 6. The first kappa shape index (κ1) is 71.3. The van der Waals surface area contributed by atoms with Crippen LogP contribution in [0, 0.1) is 0 Å². The summed E-state index contributed by atoms with van der Waals surface area (Å²) in [5.41, 5.74) is -0.270. The Kier molecular flexibility index (Phi) is 22.5. The number of phenols is 6. The molecule has 36 heteroatoms. The van der Waals surface area contributed by atoms with Gasteiger partial charge in [-0.25, -0.2) is 14.0 Å². The summed E-state index contributed by atoms with van der Waals surface area (Å²) in [7, 11) is 0. The number of carboxylic acids is 1. The number of esters is 3. The highest BCUT2D eigenvalue weighted by atomic mass is 16.7. The third-order valence-corrected chi connectivity index (χ3v) is 15.2. The minimum absolute atomic E-state index is 0.111. The van der Waals surface area contributed by atoms with Crippen molar-refractivity contribution in [1.82, 2.24) is 0 Å². The van der Waals surface area contributed by atoms with Gasteiger partial charge in [0.15, 0.2) is 40.2 Å². The van der Waals surface area contributed by atoms with E-state index < -0.39 is 231 Å². The molecule has 4 aromatic carbocycles. The molecule has 5 heterocycles. The molecule has 9 rings (SSSR count). The number of phenolic OH excluding ortho intramolecular Hbond substituents is 6. The molecule has 0 aliphatic carbocycles. The van der Waals surface area contributed by atoms with E-state index in [1.807, 2.05) is 0 Å². The highest BCUT2D eigenvalue weighted by Gasteiger charge is 2.50. The smallest absolute Gasteiger partial charge is 0.402 e. The van der Waals surface area contributed by atoms with E-state index in [9.17, 15) is 116 Å². The zero-order valence-corrected chi connectivity index (χ0v) is 49.2. The Hall–Kier alpha value is -9.03. The second-order valence-electron chi connectivity index (χ2n) is 22.0. The molecule has 520 valence electrons. The summed E-state index contributed by atoms with van der Waals surface area (Å²) in [5, 5.41) is 209. The fraction of sp³-hybridized carbons (Fsp3) is 0.417. The monoisotopic (exact) mass is 1360 g/mol. The molecule has 0 radical (unpaired) electrons. The van der Waals surface area contributed by atoms with Crippen molar-refractivity contribution in [3.8, 4) is 68.8 Å². The van der Waals surface area contributed by atoms with Crippen molar-refractivity contribution in [1.29, 1.82) is 0 Å². The standard InChI is InChI=1S/C60H64O36/c61-17-35-44(73)48(77)52(81)57(93-35)89-30-5-1-21(9-26(30)63)3-7-40(69)85-18-36-45(74)49(78)53(82)58(94-36)90-31-6-2-22(10-27(31)64)4-8-41(70)86-19-37-46(75)51(80)55(84)60(96-37)92-34-15-25-32(88-56(34)23-11-28(65)43(72)29(66)12-23)13-24(62)14-33(25)91-59-54(83)50(79)47(76)38(95-59)20-87-42(71)16-39(67)68/h1-15,35-38,44-55,57-61,73-84H,16-20H2,(H6-,62,63,64,65,66,67,68,72)/p+1/b7-3+,8-4+/t35-,36-,37+,38-,44-,45-,46+,47-,48+,49+,50+,51-,52-,53-,54-,55+,57-,58-,59-,60+/m1/s1. The molecule has 0 spiro atoms. The van der Waals surface area contributed by atoms with E-state index in [0.717, 1.165) is 66.8 Å². The average Bonchev–Trinajstić information content (AvgIpc) is 0.771. The van der Waals surface area contributed by atoms with Gasteiger partial charge in [0.05, 0.1) is 18.2 Å². The van der Waals surface area contributed by atoms with E-state index in [2.05, 4.69) is 0 Å². The molecular formula is C60H65O36+. The molecule has 20 N–H and O–H groups in total. The van der Waals surface area contributed by atoms with Crippen LogP contribution in [-0.2, 0) is 52.3 Å². The molecule has 0 bridgehead atoms. The molecule has 4 fully saturated rings. The van der Waals surface area contributed by atoms with Crippen molar-refractivity contribution in [2.75, 3.05) is 26.4 Å². The van der Waals surface area contributed by atoms with Gasteiger partial charge in [-0.15, -0.1) is 0 Å². The van der Waals surface area contributed by atoms with Crippen molar-refractivity contribution < 1.29 is 178 Å². The van der Waals surface area contributed by atoms with Crippen LogP contribution in [0.2, 0.25) is 0 Å². The highest BCUT2D eigenvalue weighted by Crippen LogP contribution is 2.46. The summed E-state index contributed by atoms with van der Waals surface area (Å²) in [6.07, 6.45) is -33.7. The van der Waals surface area contributed by atoms with Gasteiger partial charge in [0.2, 0.25) is 30.9 Å². The third kappa shape index (κ3) is 16.3. The molecule has 4 aliphatic heterocycles. The Morgan fingerprint density at radius 2 is 0.833 bits per heavy atom. The van der Waals surface area contributed by atoms with Gasteiger partial charge in [-0.05, 0) is 47.5 Å². The lowest BCUT2D eigenvalue weighted by Crippen LogP contribution is -2.60. The Morgan fingerprint density at radius 3 is 1.25 bits per heavy atom. The zero-order chi connectivity index (χ0) is 69.7. The number of carbonyl (C=O) groups is 4. The lowest BCUT2D eigenvalue weighted by molar-refractivity contribution is -0.278. The Labute approximate surface area is 538 Å². The molecule has 36 nitrogen and oxygen atoms in total. The average molecular weight is 1360 g/mol. The molecule has 20 atom stereocenters. The summed E-state index contributed by atoms with van der Waals surface area (Å²) in [5.74, 6) is -11.5. The predicted molar refractivity (Wildman–Crippen MR) is 308 cm³/mol. The van der Waals surface area contributed by atoms with Crippen LogP contribution in [0.15, 0.2) is 83.3 Å². The lowest BCUT2D eigenvalue weighted by Gasteiger charge is -2.40. The van der Waals surface area contributed by atoms with E-state index in [0.29, 0.717) is 0 Å². The van der Waals surface area contributed by atoms with E-state index in [4.69, 9.17) is 61.6 Å². The van der Waals surface area contributed by atoms with Crippen LogP contribution < -0.4 is 18.9 Å². The van der Waals surface area contributed by atoms with Gasteiger partial charge in [-0.1, -0.05) is 12.1 Å². The molecule has 4 saturated heterocycles. The lowest BCUT2D eigenvalue weighted by atomic mass is 9.99. The number of rotatable bonds is 22. The second-order valence-corrected chi connectivity index (χ2v) is 22.0. The highest BCUT2D eigenvalue weighted by molar-refractivity contribution is 5.91. The quantitative estimate of drug-likeness (QED) is 0.00782. The SMILES string of the molecule is O=C(O)CC(=O)OC[C@H]1O[C@@H](Oc2cc(O)cc3[o+]c(-c4cc(O)c(O)c(O)c4)c(O[C@H]4O[C@@H](COC(=O)/C=C/c5ccc(O[C@@H]6O[C@H](COC(=O)/C=C/c7ccc(O[C@@H]8O[C@H](CO)[C@@H](O)[C@H](O)[C@H]8O)c(O)c7)[C@@H](O)[C@H](O)[C@H]6O)c(O)c5)[C@H](O)[C@@H](O)[C@@H]4O)cc23)[C@H](O)[C@@H](O)[C@@H]1O. The number of hydrogen-bond acceptors (Lipinski definition) is 34. The Morgan fingerprint density at radius 1 is 0.438 bits per heavy atom. The van der Waals surface area contributed by atoms with Crippen LogP contribution >= 0.6 is 0 Å². The molecule has 5 aromatic rings. The van der Waals surface area contributed by atoms with Crippen molar-refractivity contribution >= 4 is 47.0 Å². The molecular weight excluding hydrogens is 1300 g/mol. The number of hydrogen-bond donors (Lipinski definition) is 20. The van der Waals surface area contributed by atoms with Gasteiger partial charge in [0.25, 0.3) is 0 Å². The maximum absolute atomic E-state index is 13.1. The zero-order valence-electron chi connectivity index (χ0n) is 49.2. The molecule has 4 aliphatic rings. The molecule has 1 aromatic heterocycles. The van der Waals surface area contributed by atoms with Gasteiger partial charge < -0.3 is 154 Å². The minimum atomic E-state index is -2.14. The third-order valence-electron chi connectivity index (χ3n) is 15.2. The summed E-state index contributed by atoms with van der Waals surface area (Å²) in [4.78, 5) is 48.7. The molecule has 0 amide bonds. The van der Waals surface area contributed by atoms with Crippen molar-refractivity contribution in [3.05, 3.63) is 90.0 Å². The van der Waals surface area contributed by atoms with Crippen LogP contribution in [0.25, 0.3) is 34.4 Å². The first-order valence-electron chi connectivity index (χ1n) is 28.7. The maximum Gasteiger partial charge on any atom is 0.402 e. The number of fused-ring (bicyclic) bond motifs is 1. The van der Waals surface area contributed by atoms with E-state index in [1.165, 1.54) is 24.3 Å². The fourth-order valence-corrected chi connectivity index (χ4v) is 9.99. The maximum atomic E-state index is 13.1. The number of carbonyl (C=O) groups excluding carboxylic acids is 3. The van der Waals surface area contributed by atoms with Gasteiger partial charge in [-0.2, -0.15) is 0 Å². The van der Waals surface area contributed by atoms with E-state index >= 15 is 0 Å². The van der Waals surface area contributed by atoms with Crippen molar-refractivity contribution in [2.24, 2.45) is 0 Å². The van der Waals surface area contributed by atoms with Crippen molar-refractivity contribution in [3.63, 3.8) is 0 Å². The number of aliphatic hydroxyl groups excluding tert-OH is 13. The number of carboxylic acid groups (broad SMARTS) is 1. The van der Waals surface area contributed by atoms with Crippen LogP contribution in [-0.4, -0.2) is 275 Å². The molecule has 0 saturated carbocycles. The second kappa shape index (κ2) is 30.4. The summed E-state index contributed by atoms with van der Waals surface area (Å²) in [6.45, 7) is -3.15. The van der Waals surface area contributed by atoms with Crippen LogP contribution in [0.1, 0.15) is 17.5 Å². The topological polar surface area (TPSA) is 586 Å². The van der Waals surface area contributed by atoms with E-state index in [1.54, 1.807) is 0 Å². The number of aliphatic carboxylic acids is 1. The molecule has 0 unspecified atom stereocenters. The first-order chi connectivity index (χ1) is 45.5. The van der Waals surface area contributed by atoms with Crippen molar-refractivity contribution in [2.45, 2.75) is 129 Å². The van der Waals surface area contributed by atoms with Crippen LogP contribution in [0.3, 0.4) is 0 Å². The number of benzene rings is 4. The van der Waals surface area contributed by atoms with Crippen LogP contribution in [0.4, 0.5) is 0 Å². The largest absolute Gasteiger partial charge is 0.507 e. The number of aliphatic hydroxyl groups is 13. The van der Waals surface area contributed by atoms with Gasteiger partial charge in [-0.3, -0.25) is 9.59 Å². The summed E-state index contributed by atoms with van der Waals surface area (Å²) < 4.78 is 66.4. The van der Waals surface area contributed by atoms with Gasteiger partial charge in [0.1, 0.15) is 141 Å². The fourth-order valence-electron chi connectivity index (χ4n) is 9.99. The Bertz CT molecular complexity index is 3650. The molecule has 96 heavy (non-hydrogen) atoms. The van der Waals surface area contributed by atoms with Gasteiger partial charge in [0, 0.05) is 36.4 Å². The minimum Gasteiger partial charge on any atom is -0.507 e. The predicted octanol–water partition coefficient (Wildman–Crippen LogP) is -4.12. The van der Waals surface area contributed by atoms with E-state index in [-0.39, 0.29) is 39.2 Å². The number of ether oxygens (including phenoxy) is 11. The Balaban J connectivity index is 0.823. The van der Waals surface area contributed by atoms with Gasteiger partial charge >= 0.3 is 35.2 Å². The summed E-state index contributed by atoms with van der Waals surface area (Å²) >= 11 is 0. The summed E-state index contributed by atoms with van der Waals surface area (Å²) in [6, 6.07) is 12.0.